The Labute approximate surface area is 94.7 Å². The van der Waals surface area contributed by atoms with Gasteiger partial charge in [0, 0.05) is 12.1 Å². The highest BCUT2D eigenvalue weighted by Crippen LogP contribution is 2.27. The van der Waals surface area contributed by atoms with E-state index < -0.39 is 0 Å². The number of aromatic nitrogens is 1. The predicted octanol–water partition coefficient (Wildman–Crippen LogP) is 3.60. The number of nitrogens with zero attached hydrogens (tertiary/aromatic N) is 1. The molecule has 0 aromatic carbocycles. The highest BCUT2D eigenvalue weighted by Gasteiger charge is 2.22. The number of ketones is 1. The summed E-state index contributed by atoms with van der Waals surface area (Å²) in [5, 5.41) is 0.993. The predicted molar refractivity (Wildman–Crippen MR) is 62.4 cm³/mol. The van der Waals surface area contributed by atoms with Crippen LogP contribution in [-0.2, 0) is 0 Å². The quantitative estimate of drug-likeness (QED) is 0.566. The van der Waals surface area contributed by atoms with Crippen molar-refractivity contribution in [2.24, 2.45) is 5.92 Å². The molecule has 0 spiro atoms. The molecule has 1 heterocycles. The maximum atomic E-state index is 12.1. The van der Waals surface area contributed by atoms with Crippen LogP contribution in [-0.4, -0.2) is 10.8 Å². The first kappa shape index (κ1) is 10.8. The number of hydrogen-bond donors (Lipinski definition) is 0. The van der Waals surface area contributed by atoms with Gasteiger partial charge in [-0.15, -0.1) is 11.3 Å². The zero-order chi connectivity index (χ0) is 10.7. The largest absolute Gasteiger partial charge is 0.293 e. The van der Waals surface area contributed by atoms with Crippen LogP contribution in [0.25, 0.3) is 0 Å². The van der Waals surface area contributed by atoms with E-state index in [1.165, 1.54) is 37.0 Å². The van der Waals surface area contributed by atoms with Gasteiger partial charge >= 0.3 is 0 Å². The van der Waals surface area contributed by atoms with E-state index in [0.29, 0.717) is 5.78 Å². The van der Waals surface area contributed by atoms with Crippen molar-refractivity contribution >= 4 is 17.1 Å². The zero-order valence-electron chi connectivity index (χ0n) is 9.16. The molecule has 82 valence electrons. The minimum atomic E-state index is 0.271. The smallest absolute Gasteiger partial charge is 0.177 e. The molecule has 0 aliphatic heterocycles. The highest BCUT2D eigenvalue weighted by atomic mass is 32.1. The molecule has 0 amide bonds. The Bertz CT molecular complexity index is 337. The molecule has 0 radical (unpaired) electrons. The van der Waals surface area contributed by atoms with Gasteiger partial charge in [-0.25, -0.2) is 4.98 Å². The van der Waals surface area contributed by atoms with E-state index in [4.69, 9.17) is 0 Å². The molecule has 1 aromatic heterocycles. The Hall–Kier alpha value is -0.700. The van der Waals surface area contributed by atoms with Crippen LogP contribution >= 0.6 is 11.3 Å². The zero-order valence-corrected chi connectivity index (χ0v) is 9.98. The molecule has 0 unspecified atom stereocenters. The Kier molecular flexibility index (Phi) is 3.52. The summed E-state index contributed by atoms with van der Waals surface area (Å²) in [7, 11) is 0. The molecule has 2 nitrogen and oxygen atoms in total. The Morgan fingerprint density at radius 1 is 1.33 bits per heavy atom. The Balaban J connectivity index is 2.06. The standard InChI is InChI=1S/C12H17NOS/c1-9-13-8-11(15-9)12(14)10-6-4-2-3-5-7-10/h8,10H,2-7H2,1H3. The molecule has 0 N–H and O–H groups in total. The SMILES string of the molecule is Cc1ncc(C(=O)C2CCCCCC2)s1. The highest BCUT2D eigenvalue weighted by molar-refractivity contribution is 7.13. The van der Waals surface area contributed by atoms with Gasteiger partial charge in [0.2, 0.25) is 0 Å². The molecule has 1 saturated carbocycles. The van der Waals surface area contributed by atoms with Crippen molar-refractivity contribution in [1.82, 2.24) is 4.98 Å². The number of Topliss-reactive ketones (excluding diaryl/α,β-unsaturated/α-hetero) is 1. The molecule has 1 aliphatic carbocycles. The van der Waals surface area contributed by atoms with Crippen molar-refractivity contribution in [3.05, 3.63) is 16.1 Å². The molecule has 1 fully saturated rings. The van der Waals surface area contributed by atoms with Crippen molar-refractivity contribution in [1.29, 1.82) is 0 Å². The van der Waals surface area contributed by atoms with Crippen LogP contribution in [0.5, 0.6) is 0 Å². The van der Waals surface area contributed by atoms with Crippen molar-refractivity contribution in [3.8, 4) is 0 Å². The summed E-state index contributed by atoms with van der Waals surface area (Å²) in [6, 6.07) is 0. The van der Waals surface area contributed by atoms with Gasteiger partial charge in [-0.3, -0.25) is 4.79 Å². The number of thiazole rings is 1. The fourth-order valence-electron chi connectivity index (χ4n) is 2.22. The number of hydrogen-bond acceptors (Lipinski definition) is 3. The van der Waals surface area contributed by atoms with Crippen molar-refractivity contribution in [2.45, 2.75) is 45.4 Å². The first-order chi connectivity index (χ1) is 7.27. The third kappa shape index (κ3) is 2.65. The maximum Gasteiger partial charge on any atom is 0.177 e. The average molecular weight is 223 g/mol. The van der Waals surface area contributed by atoms with Gasteiger partial charge in [0.25, 0.3) is 0 Å². The van der Waals surface area contributed by atoms with Crippen molar-refractivity contribution in [3.63, 3.8) is 0 Å². The minimum Gasteiger partial charge on any atom is -0.293 e. The first-order valence-electron chi connectivity index (χ1n) is 5.74. The Morgan fingerprint density at radius 3 is 2.53 bits per heavy atom. The second-order valence-electron chi connectivity index (χ2n) is 4.30. The summed E-state index contributed by atoms with van der Waals surface area (Å²) >= 11 is 1.54. The third-order valence-corrected chi connectivity index (χ3v) is 4.02. The van der Waals surface area contributed by atoms with Crippen LogP contribution in [0.2, 0.25) is 0 Å². The van der Waals surface area contributed by atoms with Gasteiger partial charge < -0.3 is 0 Å². The summed E-state index contributed by atoms with van der Waals surface area (Å²) in [5.74, 6) is 0.606. The molecule has 0 atom stereocenters. The van der Waals surface area contributed by atoms with Crippen LogP contribution in [0.15, 0.2) is 6.20 Å². The summed E-state index contributed by atoms with van der Waals surface area (Å²) in [5.41, 5.74) is 0. The molecule has 1 aliphatic rings. The molecular formula is C12H17NOS. The minimum absolute atomic E-state index is 0.271. The number of carbonyl (C=O) groups is 1. The summed E-state index contributed by atoms with van der Waals surface area (Å²) in [4.78, 5) is 17.2. The number of aryl methyl sites for hydroxylation is 1. The van der Waals surface area contributed by atoms with E-state index >= 15 is 0 Å². The molecule has 15 heavy (non-hydrogen) atoms. The van der Waals surface area contributed by atoms with E-state index in [1.54, 1.807) is 6.20 Å². The van der Waals surface area contributed by atoms with Gasteiger partial charge in [0.15, 0.2) is 5.78 Å². The summed E-state index contributed by atoms with van der Waals surface area (Å²) in [6.45, 7) is 1.95. The van der Waals surface area contributed by atoms with Gasteiger partial charge in [0.05, 0.1) is 9.88 Å². The summed E-state index contributed by atoms with van der Waals surface area (Å²) in [6.07, 6.45) is 8.93. The fourth-order valence-corrected chi connectivity index (χ4v) is 3.01. The molecule has 0 saturated heterocycles. The third-order valence-electron chi connectivity index (χ3n) is 3.09. The number of rotatable bonds is 2. The van der Waals surface area contributed by atoms with Gasteiger partial charge in [-0.05, 0) is 19.8 Å². The second-order valence-corrected chi connectivity index (χ2v) is 5.53. The maximum absolute atomic E-state index is 12.1. The Morgan fingerprint density at radius 2 is 2.00 bits per heavy atom. The second kappa shape index (κ2) is 4.88. The van der Waals surface area contributed by atoms with E-state index in [9.17, 15) is 4.79 Å². The topological polar surface area (TPSA) is 30.0 Å². The van der Waals surface area contributed by atoms with Crippen LogP contribution in [0, 0.1) is 12.8 Å². The van der Waals surface area contributed by atoms with Crippen LogP contribution in [0.4, 0.5) is 0 Å². The monoisotopic (exact) mass is 223 g/mol. The van der Waals surface area contributed by atoms with Gasteiger partial charge in [0.1, 0.15) is 0 Å². The lowest BCUT2D eigenvalue weighted by Crippen LogP contribution is -2.12. The molecule has 0 bridgehead atoms. The fraction of sp³-hybridized carbons (Fsp3) is 0.667. The number of carbonyl (C=O) groups excluding carboxylic acids is 1. The van der Waals surface area contributed by atoms with Crippen LogP contribution in [0.3, 0.4) is 0 Å². The lowest BCUT2D eigenvalue weighted by Gasteiger charge is -2.10. The van der Waals surface area contributed by atoms with Crippen LogP contribution in [0.1, 0.15) is 53.2 Å². The lowest BCUT2D eigenvalue weighted by molar-refractivity contribution is 0.0912. The lowest BCUT2D eigenvalue weighted by atomic mass is 9.95. The average Bonchev–Trinajstić information content (AvgIpc) is 2.53. The normalized spacial score (nSPS) is 18.7. The van der Waals surface area contributed by atoms with E-state index in [1.807, 2.05) is 6.92 Å². The summed E-state index contributed by atoms with van der Waals surface area (Å²) < 4.78 is 0. The van der Waals surface area contributed by atoms with Crippen molar-refractivity contribution in [2.75, 3.05) is 0 Å². The van der Waals surface area contributed by atoms with E-state index in [0.717, 1.165) is 22.7 Å². The molecular weight excluding hydrogens is 206 g/mol. The first-order valence-corrected chi connectivity index (χ1v) is 6.55. The van der Waals surface area contributed by atoms with Crippen molar-refractivity contribution < 1.29 is 4.79 Å². The van der Waals surface area contributed by atoms with Gasteiger partial charge in [-0.2, -0.15) is 0 Å². The van der Waals surface area contributed by atoms with E-state index in [-0.39, 0.29) is 5.92 Å². The molecule has 1 aromatic rings. The van der Waals surface area contributed by atoms with E-state index in [2.05, 4.69) is 4.98 Å². The van der Waals surface area contributed by atoms with Gasteiger partial charge in [-0.1, -0.05) is 25.7 Å². The van der Waals surface area contributed by atoms with Crippen LogP contribution < -0.4 is 0 Å². The molecule has 3 heteroatoms. The molecule has 2 rings (SSSR count).